The minimum Gasteiger partial charge on any atom is -0.405 e. The van der Waals surface area contributed by atoms with Gasteiger partial charge in [0.05, 0.1) is 0 Å². The third kappa shape index (κ3) is 3.09. The molecule has 0 spiro atoms. The Hall–Kier alpha value is -1.29. The van der Waals surface area contributed by atoms with Crippen molar-refractivity contribution in [1.29, 1.82) is 5.26 Å². The molecular weight excluding hydrogens is 277 g/mol. The van der Waals surface area contributed by atoms with Gasteiger partial charge in [0.2, 0.25) is 0 Å². The number of alkyl halides is 3. The monoisotopic (exact) mass is 280 g/mol. The molecule has 0 aliphatic rings. The third-order valence-corrected chi connectivity index (χ3v) is 1.93. The highest BCUT2D eigenvalue weighted by Gasteiger charge is 2.32. The van der Waals surface area contributed by atoms with E-state index in [1.807, 2.05) is 0 Å². The molecule has 0 aliphatic heterocycles. The van der Waals surface area contributed by atoms with Gasteiger partial charge in [-0.3, -0.25) is 0 Å². The highest BCUT2D eigenvalue weighted by atomic mass is 79.9. The molecule has 0 radical (unpaired) electrons. The van der Waals surface area contributed by atoms with Gasteiger partial charge >= 0.3 is 6.36 Å². The van der Waals surface area contributed by atoms with E-state index in [4.69, 9.17) is 5.26 Å². The summed E-state index contributed by atoms with van der Waals surface area (Å²) in [5.41, 5.74) is -0.0540. The molecule has 0 atom stereocenters. The first kappa shape index (κ1) is 11.8. The van der Waals surface area contributed by atoms with Gasteiger partial charge in [0.1, 0.15) is 22.1 Å². The van der Waals surface area contributed by atoms with E-state index in [0.717, 1.165) is 6.07 Å². The second-order valence-corrected chi connectivity index (χ2v) is 3.39. The fourth-order valence-electron chi connectivity index (χ4n) is 0.896. The fourth-order valence-corrected chi connectivity index (χ4v) is 1.28. The lowest BCUT2D eigenvalue weighted by atomic mass is 10.2. The molecule has 0 aromatic carbocycles. The Morgan fingerprint density at radius 2 is 2.13 bits per heavy atom. The van der Waals surface area contributed by atoms with Gasteiger partial charge in [0.15, 0.2) is 0 Å². The summed E-state index contributed by atoms with van der Waals surface area (Å²) in [4.78, 5) is 3.69. The number of pyridine rings is 1. The van der Waals surface area contributed by atoms with Crippen LogP contribution in [0.4, 0.5) is 13.2 Å². The average Bonchev–Trinajstić information content (AvgIpc) is 2.08. The van der Waals surface area contributed by atoms with Crippen LogP contribution in [0.1, 0.15) is 11.3 Å². The van der Waals surface area contributed by atoms with Gasteiger partial charge in [0.25, 0.3) is 0 Å². The number of halogens is 4. The summed E-state index contributed by atoms with van der Waals surface area (Å²) < 4.78 is 39.7. The molecule has 1 rings (SSSR count). The summed E-state index contributed by atoms with van der Waals surface area (Å²) in [6.07, 6.45) is -4.78. The van der Waals surface area contributed by atoms with Gasteiger partial charge in [-0.05, 0) is 22.9 Å². The van der Waals surface area contributed by atoms with Gasteiger partial charge in [0, 0.05) is 11.6 Å². The second kappa shape index (κ2) is 4.06. The lowest BCUT2D eigenvalue weighted by Gasteiger charge is -2.11. The highest BCUT2D eigenvalue weighted by Crippen LogP contribution is 2.29. The predicted octanol–water partition coefficient (Wildman–Crippen LogP) is 2.92. The third-order valence-electron chi connectivity index (χ3n) is 1.53. The molecule has 0 saturated heterocycles. The molecule has 0 saturated carbocycles. The van der Waals surface area contributed by atoms with Crippen molar-refractivity contribution in [3.05, 3.63) is 21.9 Å². The lowest BCUT2D eigenvalue weighted by molar-refractivity contribution is -0.274. The quantitative estimate of drug-likeness (QED) is 0.743. The van der Waals surface area contributed by atoms with Crippen LogP contribution in [-0.2, 0) is 0 Å². The Labute approximate surface area is 91.6 Å². The van der Waals surface area contributed by atoms with Crippen LogP contribution in [0.15, 0.2) is 10.7 Å². The van der Waals surface area contributed by atoms with Crippen molar-refractivity contribution in [3.8, 4) is 11.8 Å². The molecule has 3 nitrogen and oxygen atoms in total. The number of ether oxygens (including phenoxy) is 1. The Morgan fingerprint density at radius 3 is 2.60 bits per heavy atom. The van der Waals surface area contributed by atoms with Crippen molar-refractivity contribution in [3.63, 3.8) is 0 Å². The summed E-state index contributed by atoms with van der Waals surface area (Å²) >= 11 is 2.89. The molecule has 0 aliphatic carbocycles. The Balaban J connectivity index is 3.20. The maximum atomic E-state index is 11.9. The van der Waals surface area contributed by atoms with E-state index in [1.165, 1.54) is 6.92 Å². The fraction of sp³-hybridized carbons (Fsp3) is 0.250. The van der Waals surface area contributed by atoms with Crippen LogP contribution in [0.25, 0.3) is 0 Å². The van der Waals surface area contributed by atoms with E-state index in [0.29, 0.717) is 0 Å². The van der Waals surface area contributed by atoms with Crippen molar-refractivity contribution in [2.45, 2.75) is 13.3 Å². The first-order chi connectivity index (χ1) is 6.83. The predicted molar refractivity (Wildman–Crippen MR) is 48.1 cm³/mol. The van der Waals surface area contributed by atoms with E-state index in [-0.39, 0.29) is 15.9 Å². The van der Waals surface area contributed by atoms with Crippen molar-refractivity contribution < 1.29 is 17.9 Å². The van der Waals surface area contributed by atoms with E-state index < -0.39 is 12.1 Å². The zero-order valence-corrected chi connectivity index (χ0v) is 8.98. The van der Waals surface area contributed by atoms with E-state index in [1.54, 1.807) is 6.07 Å². The van der Waals surface area contributed by atoms with Crippen LogP contribution in [-0.4, -0.2) is 11.3 Å². The SMILES string of the molecule is Cc1c(OC(F)(F)F)cc(Br)nc1C#N. The molecule has 0 unspecified atom stereocenters. The molecule has 1 aromatic heterocycles. The van der Waals surface area contributed by atoms with Crippen molar-refractivity contribution in [1.82, 2.24) is 4.98 Å². The summed E-state index contributed by atoms with van der Waals surface area (Å²) in [5.74, 6) is -0.430. The zero-order chi connectivity index (χ0) is 11.6. The number of nitriles is 1. The maximum absolute atomic E-state index is 11.9. The molecular formula is C8H4BrF3N2O. The number of hydrogen-bond acceptors (Lipinski definition) is 3. The van der Waals surface area contributed by atoms with Crippen LogP contribution in [0.2, 0.25) is 0 Å². The van der Waals surface area contributed by atoms with E-state index >= 15 is 0 Å². The summed E-state index contributed by atoms with van der Waals surface area (Å²) in [5, 5.41) is 8.60. The first-order valence-electron chi connectivity index (χ1n) is 3.66. The molecule has 0 amide bonds. The van der Waals surface area contributed by atoms with Gasteiger partial charge in [-0.2, -0.15) is 5.26 Å². The Bertz CT molecular complexity index is 425. The van der Waals surface area contributed by atoms with Gasteiger partial charge < -0.3 is 4.74 Å². The number of rotatable bonds is 1. The number of aromatic nitrogens is 1. The molecule has 0 N–H and O–H groups in total. The van der Waals surface area contributed by atoms with Crippen LogP contribution >= 0.6 is 15.9 Å². The molecule has 80 valence electrons. The molecule has 1 aromatic rings. The molecule has 0 bridgehead atoms. The molecule has 15 heavy (non-hydrogen) atoms. The number of nitrogens with zero attached hydrogens (tertiary/aromatic N) is 2. The smallest absolute Gasteiger partial charge is 0.405 e. The minimum atomic E-state index is -4.78. The standard InChI is InChI=1S/C8H4BrF3N2O/c1-4-5(3-13)14-7(9)2-6(4)15-8(10,11)12/h2H,1H3. The molecule has 7 heteroatoms. The van der Waals surface area contributed by atoms with Crippen LogP contribution in [0.5, 0.6) is 5.75 Å². The zero-order valence-electron chi connectivity index (χ0n) is 7.39. The summed E-state index contributed by atoms with van der Waals surface area (Å²) in [7, 11) is 0. The van der Waals surface area contributed by atoms with Crippen molar-refractivity contribution >= 4 is 15.9 Å². The normalized spacial score (nSPS) is 10.9. The van der Waals surface area contributed by atoms with Crippen molar-refractivity contribution in [2.75, 3.05) is 0 Å². The second-order valence-electron chi connectivity index (χ2n) is 2.58. The Morgan fingerprint density at radius 1 is 1.53 bits per heavy atom. The largest absolute Gasteiger partial charge is 0.573 e. The summed E-state index contributed by atoms with van der Waals surface area (Å²) in [6, 6.07) is 2.73. The van der Waals surface area contributed by atoms with Crippen molar-refractivity contribution in [2.24, 2.45) is 0 Å². The van der Waals surface area contributed by atoms with E-state index in [9.17, 15) is 13.2 Å². The molecule has 1 heterocycles. The lowest BCUT2D eigenvalue weighted by Crippen LogP contribution is -2.18. The summed E-state index contributed by atoms with van der Waals surface area (Å²) in [6.45, 7) is 1.33. The van der Waals surface area contributed by atoms with Crippen LogP contribution in [0.3, 0.4) is 0 Å². The first-order valence-corrected chi connectivity index (χ1v) is 4.46. The average molecular weight is 281 g/mol. The highest BCUT2D eigenvalue weighted by molar-refractivity contribution is 9.10. The van der Waals surface area contributed by atoms with Crippen LogP contribution < -0.4 is 4.74 Å². The maximum Gasteiger partial charge on any atom is 0.573 e. The van der Waals surface area contributed by atoms with Gasteiger partial charge in [-0.1, -0.05) is 0 Å². The minimum absolute atomic E-state index is 0.0537. The van der Waals surface area contributed by atoms with Crippen LogP contribution in [0, 0.1) is 18.3 Å². The topological polar surface area (TPSA) is 45.9 Å². The molecule has 0 fully saturated rings. The van der Waals surface area contributed by atoms with E-state index in [2.05, 4.69) is 25.7 Å². The number of hydrogen-bond donors (Lipinski definition) is 0. The van der Waals surface area contributed by atoms with Gasteiger partial charge in [-0.15, -0.1) is 13.2 Å². The Kier molecular flexibility index (Phi) is 3.19. The van der Waals surface area contributed by atoms with Gasteiger partial charge in [-0.25, -0.2) is 4.98 Å².